The van der Waals surface area contributed by atoms with Crippen LogP contribution in [-0.4, -0.2) is 37.0 Å². The maximum absolute atomic E-state index is 12.4. The molecule has 1 aromatic carbocycles. The van der Waals surface area contributed by atoms with E-state index in [0.29, 0.717) is 17.7 Å². The van der Waals surface area contributed by atoms with Crippen LogP contribution >= 0.6 is 0 Å². The van der Waals surface area contributed by atoms with Gasteiger partial charge in [-0.05, 0) is 37.8 Å². The predicted octanol–water partition coefficient (Wildman–Crippen LogP) is 1.61. The second-order valence-electron chi connectivity index (χ2n) is 4.80. The second-order valence-corrected chi connectivity index (χ2v) is 6.79. The van der Waals surface area contributed by atoms with Gasteiger partial charge in [-0.1, -0.05) is 18.2 Å². The third-order valence-corrected chi connectivity index (χ3v) is 5.52. The van der Waals surface area contributed by atoms with Gasteiger partial charge < -0.3 is 5.11 Å². The first-order valence-corrected chi connectivity index (χ1v) is 7.67. The fraction of sp³-hybridized carbons (Fsp3) is 0.538. The number of sulfonamides is 1. The molecule has 1 aromatic rings. The van der Waals surface area contributed by atoms with Gasteiger partial charge in [0.15, 0.2) is 0 Å². The van der Waals surface area contributed by atoms with E-state index in [4.69, 9.17) is 0 Å². The van der Waals surface area contributed by atoms with Crippen LogP contribution in [0.5, 0.6) is 0 Å². The van der Waals surface area contributed by atoms with Gasteiger partial charge in [0.25, 0.3) is 0 Å². The van der Waals surface area contributed by atoms with Crippen LogP contribution in [0.2, 0.25) is 0 Å². The lowest BCUT2D eigenvalue weighted by Crippen LogP contribution is -2.40. The Kier molecular flexibility index (Phi) is 4.04. The summed E-state index contributed by atoms with van der Waals surface area (Å²) in [5, 5.41) is 9.46. The minimum Gasteiger partial charge on any atom is -0.393 e. The molecule has 0 atom stereocenters. The molecular formula is C13H19NO3S. The molecule has 0 unspecified atom stereocenters. The molecule has 0 radical (unpaired) electrons. The smallest absolute Gasteiger partial charge is 0.243 e. The molecule has 0 saturated heterocycles. The molecule has 2 rings (SSSR count). The summed E-state index contributed by atoms with van der Waals surface area (Å²) in [7, 11) is -1.77. The molecule has 4 nitrogen and oxygen atoms in total. The number of nitrogens with zero attached hydrogens (tertiary/aromatic N) is 1. The summed E-state index contributed by atoms with van der Waals surface area (Å²) in [6, 6.07) is 8.48. The Morgan fingerprint density at radius 2 is 1.67 bits per heavy atom. The van der Waals surface area contributed by atoms with Crippen molar-refractivity contribution in [1.82, 2.24) is 4.31 Å². The normalized spacial score (nSPS) is 25.3. The van der Waals surface area contributed by atoms with Crippen LogP contribution in [0, 0.1) is 0 Å². The van der Waals surface area contributed by atoms with Crippen molar-refractivity contribution < 1.29 is 13.5 Å². The number of benzene rings is 1. The van der Waals surface area contributed by atoms with Crippen LogP contribution in [-0.2, 0) is 10.0 Å². The highest BCUT2D eigenvalue weighted by Gasteiger charge is 2.30. The second kappa shape index (κ2) is 5.38. The third-order valence-electron chi connectivity index (χ3n) is 3.60. The first-order chi connectivity index (χ1) is 8.51. The highest BCUT2D eigenvalue weighted by atomic mass is 32.2. The lowest BCUT2D eigenvalue weighted by Gasteiger charge is -2.32. The third kappa shape index (κ3) is 2.74. The van der Waals surface area contributed by atoms with Crippen LogP contribution in [0.3, 0.4) is 0 Å². The summed E-state index contributed by atoms with van der Waals surface area (Å²) in [5.41, 5.74) is 0. The summed E-state index contributed by atoms with van der Waals surface area (Å²) in [6.45, 7) is 0. The Morgan fingerprint density at radius 1 is 1.11 bits per heavy atom. The van der Waals surface area contributed by atoms with E-state index < -0.39 is 10.0 Å². The molecule has 0 amide bonds. The monoisotopic (exact) mass is 269 g/mol. The fourth-order valence-corrected chi connectivity index (χ4v) is 3.81. The van der Waals surface area contributed by atoms with Crippen LogP contribution in [0.15, 0.2) is 35.2 Å². The zero-order valence-corrected chi connectivity index (χ0v) is 11.3. The standard InChI is InChI=1S/C13H19NO3S/c1-14(11-7-9-12(15)10-8-11)18(16,17)13-5-3-2-4-6-13/h2-6,11-12,15H,7-10H2,1H3. The molecule has 5 heteroatoms. The molecule has 18 heavy (non-hydrogen) atoms. The summed E-state index contributed by atoms with van der Waals surface area (Å²) in [5.74, 6) is 0. The first kappa shape index (κ1) is 13.5. The van der Waals surface area contributed by atoms with Crippen molar-refractivity contribution in [2.45, 2.75) is 42.7 Å². The SMILES string of the molecule is CN(C1CCC(O)CC1)S(=O)(=O)c1ccccc1. The largest absolute Gasteiger partial charge is 0.393 e. The number of hydrogen-bond donors (Lipinski definition) is 1. The molecule has 1 saturated carbocycles. The van der Waals surface area contributed by atoms with Crippen molar-refractivity contribution in [3.05, 3.63) is 30.3 Å². The maximum atomic E-state index is 12.4. The van der Waals surface area contributed by atoms with Crippen molar-refractivity contribution in [3.63, 3.8) is 0 Å². The Bertz CT molecular complexity index is 478. The molecule has 1 N–H and O–H groups in total. The number of rotatable bonds is 3. The van der Waals surface area contributed by atoms with Gasteiger partial charge in [-0.15, -0.1) is 0 Å². The van der Waals surface area contributed by atoms with E-state index in [-0.39, 0.29) is 12.1 Å². The van der Waals surface area contributed by atoms with Gasteiger partial charge in [0, 0.05) is 13.1 Å². The summed E-state index contributed by atoms with van der Waals surface area (Å²) in [4.78, 5) is 0.332. The summed E-state index contributed by atoms with van der Waals surface area (Å²) >= 11 is 0. The minimum absolute atomic E-state index is 0.00129. The number of aliphatic hydroxyl groups excluding tert-OH is 1. The molecule has 0 spiro atoms. The van der Waals surface area contributed by atoms with Crippen molar-refractivity contribution in [1.29, 1.82) is 0 Å². The maximum Gasteiger partial charge on any atom is 0.243 e. The molecule has 1 aliphatic carbocycles. The molecule has 100 valence electrons. The lowest BCUT2D eigenvalue weighted by molar-refractivity contribution is 0.104. The molecule has 1 aliphatic rings. The van der Waals surface area contributed by atoms with Crippen molar-refractivity contribution in [2.24, 2.45) is 0 Å². The van der Waals surface area contributed by atoms with Gasteiger partial charge >= 0.3 is 0 Å². The van der Waals surface area contributed by atoms with Crippen LogP contribution in [0.4, 0.5) is 0 Å². The average Bonchev–Trinajstić information content (AvgIpc) is 2.40. The Morgan fingerprint density at radius 3 is 2.22 bits per heavy atom. The van der Waals surface area contributed by atoms with Gasteiger partial charge in [0.05, 0.1) is 11.0 Å². The van der Waals surface area contributed by atoms with E-state index in [2.05, 4.69) is 0 Å². The van der Waals surface area contributed by atoms with Gasteiger partial charge in [-0.3, -0.25) is 0 Å². The predicted molar refractivity (Wildman–Crippen MR) is 69.7 cm³/mol. The van der Waals surface area contributed by atoms with E-state index >= 15 is 0 Å². The summed E-state index contributed by atoms with van der Waals surface area (Å²) in [6.07, 6.45) is 2.54. The van der Waals surface area contributed by atoms with E-state index in [1.54, 1.807) is 37.4 Å². The van der Waals surface area contributed by atoms with Gasteiger partial charge in [-0.25, -0.2) is 8.42 Å². The van der Waals surface area contributed by atoms with Crippen LogP contribution in [0.1, 0.15) is 25.7 Å². The fourth-order valence-electron chi connectivity index (χ4n) is 2.38. The van der Waals surface area contributed by atoms with Gasteiger partial charge in [-0.2, -0.15) is 4.31 Å². The van der Waals surface area contributed by atoms with Crippen molar-refractivity contribution >= 4 is 10.0 Å². The number of hydrogen-bond acceptors (Lipinski definition) is 3. The number of aliphatic hydroxyl groups is 1. The topological polar surface area (TPSA) is 57.6 Å². The van der Waals surface area contributed by atoms with Gasteiger partial charge in [0.1, 0.15) is 0 Å². The van der Waals surface area contributed by atoms with E-state index in [1.807, 2.05) is 0 Å². The lowest BCUT2D eigenvalue weighted by atomic mass is 9.93. The van der Waals surface area contributed by atoms with Crippen molar-refractivity contribution in [3.8, 4) is 0 Å². The molecule has 0 aromatic heterocycles. The van der Waals surface area contributed by atoms with E-state index in [1.165, 1.54) is 4.31 Å². The molecule has 0 bridgehead atoms. The Labute approximate surface area is 108 Å². The van der Waals surface area contributed by atoms with Crippen molar-refractivity contribution in [2.75, 3.05) is 7.05 Å². The van der Waals surface area contributed by atoms with E-state index in [0.717, 1.165) is 12.8 Å². The molecule has 1 fully saturated rings. The first-order valence-electron chi connectivity index (χ1n) is 6.23. The summed E-state index contributed by atoms with van der Waals surface area (Å²) < 4.78 is 26.2. The molecule has 0 aliphatic heterocycles. The Balaban J connectivity index is 2.15. The highest BCUT2D eigenvalue weighted by molar-refractivity contribution is 7.89. The van der Waals surface area contributed by atoms with Crippen LogP contribution in [0.25, 0.3) is 0 Å². The molecule has 0 heterocycles. The zero-order valence-electron chi connectivity index (χ0n) is 10.5. The quantitative estimate of drug-likeness (QED) is 0.907. The minimum atomic E-state index is -3.40. The average molecular weight is 269 g/mol. The van der Waals surface area contributed by atoms with Gasteiger partial charge in [0.2, 0.25) is 10.0 Å². The Hall–Kier alpha value is -0.910. The highest BCUT2D eigenvalue weighted by Crippen LogP contribution is 2.26. The molecular weight excluding hydrogens is 250 g/mol. The van der Waals surface area contributed by atoms with E-state index in [9.17, 15) is 13.5 Å². The van der Waals surface area contributed by atoms with Crippen LogP contribution < -0.4 is 0 Å². The zero-order chi connectivity index (χ0) is 13.2.